The minimum Gasteiger partial charge on any atom is -0.359 e. The van der Waals surface area contributed by atoms with E-state index in [-0.39, 0.29) is 16.1 Å². The van der Waals surface area contributed by atoms with Crippen LogP contribution in [-0.4, -0.2) is 13.6 Å². The number of anilines is 1. The number of nitrogens with one attached hydrogen (secondary N) is 1. The molecule has 1 aromatic carbocycles. The molecule has 0 fully saturated rings. The van der Waals surface area contributed by atoms with Crippen molar-refractivity contribution in [3.05, 3.63) is 41.7 Å². The van der Waals surface area contributed by atoms with Gasteiger partial charge in [0.05, 0.1) is 4.90 Å². The van der Waals surface area contributed by atoms with Crippen molar-refractivity contribution in [2.75, 3.05) is 4.72 Å². The predicted molar refractivity (Wildman–Crippen MR) is 91.2 cm³/mol. The van der Waals surface area contributed by atoms with Crippen LogP contribution in [0, 0.1) is 0 Å². The SMILES string of the molecule is CCC(C)c1ccc(S(=O)(=O)Nc2cc(C(C)(C)C)on2)cc1. The van der Waals surface area contributed by atoms with Crippen molar-refractivity contribution in [2.45, 2.75) is 57.3 Å². The average molecular weight is 336 g/mol. The van der Waals surface area contributed by atoms with Crippen molar-refractivity contribution in [2.24, 2.45) is 0 Å². The predicted octanol–water partition coefficient (Wildman–Crippen LogP) is 4.29. The van der Waals surface area contributed by atoms with Crippen molar-refractivity contribution >= 4 is 15.8 Å². The molecule has 1 aromatic heterocycles. The van der Waals surface area contributed by atoms with E-state index in [1.165, 1.54) is 0 Å². The zero-order chi connectivity index (χ0) is 17.3. The van der Waals surface area contributed by atoms with Crippen LogP contribution in [0.25, 0.3) is 0 Å². The fourth-order valence-corrected chi connectivity index (χ4v) is 3.07. The normalized spacial score (nSPS) is 13.8. The molecule has 0 spiro atoms. The number of nitrogens with zero attached hydrogens (tertiary/aromatic N) is 1. The van der Waals surface area contributed by atoms with Gasteiger partial charge in [-0.15, -0.1) is 0 Å². The minimum atomic E-state index is -3.67. The molecule has 2 aromatic rings. The van der Waals surface area contributed by atoms with Crippen molar-refractivity contribution in [1.82, 2.24) is 5.16 Å². The Morgan fingerprint density at radius 3 is 2.30 bits per heavy atom. The molecular weight excluding hydrogens is 312 g/mol. The van der Waals surface area contributed by atoms with E-state index in [4.69, 9.17) is 4.52 Å². The Morgan fingerprint density at radius 2 is 1.83 bits per heavy atom. The maximum absolute atomic E-state index is 12.4. The highest BCUT2D eigenvalue weighted by Gasteiger charge is 2.22. The van der Waals surface area contributed by atoms with Gasteiger partial charge in [-0.25, -0.2) is 8.42 Å². The Labute approximate surface area is 138 Å². The number of hydrogen-bond donors (Lipinski definition) is 1. The Bertz CT molecular complexity index is 756. The summed E-state index contributed by atoms with van der Waals surface area (Å²) in [4.78, 5) is 0.213. The fraction of sp³-hybridized carbons (Fsp3) is 0.471. The Hall–Kier alpha value is -1.82. The molecule has 6 heteroatoms. The molecule has 5 nitrogen and oxygen atoms in total. The third-order valence-corrected chi connectivity index (χ3v) is 5.23. The van der Waals surface area contributed by atoms with Crippen LogP contribution >= 0.6 is 0 Å². The third kappa shape index (κ3) is 4.13. The highest BCUT2D eigenvalue weighted by molar-refractivity contribution is 7.92. The largest absolute Gasteiger partial charge is 0.359 e. The van der Waals surface area contributed by atoms with E-state index in [1.54, 1.807) is 18.2 Å². The van der Waals surface area contributed by atoms with Crippen LogP contribution in [0.5, 0.6) is 0 Å². The summed E-state index contributed by atoms with van der Waals surface area (Å²) in [6.07, 6.45) is 1.01. The molecule has 1 unspecified atom stereocenters. The summed E-state index contributed by atoms with van der Waals surface area (Å²) in [5, 5.41) is 3.79. The van der Waals surface area contributed by atoms with Crippen LogP contribution in [-0.2, 0) is 15.4 Å². The van der Waals surface area contributed by atoms with E-state index in [0.29, 0.717) is 11.7 Å². The smallest absolute Gasteiger partial charge is 0.263 e. The third-order valence-electron chi connectivity index (χ3n) is 3.86. The Kier molecular flexibility index (Phi) is 4.84. The monoisotopic (exact) mass is 336 g/mol. The number of sulfonamides is 1. The molecule has 0 radical (unpaired) electrons. The second-order valence-corrected chi connectivity index (χ2v) is 8.49. The van der Waals surface area contributed by atoms with Crippen molar-refractivity contribution < 1.29 is 12.9 Å². The van der Waals surface area contributed by atoms with Gasteiger partial charge in [0.2, 0.25) is 0 Å². The molecule has 0 saturated carbocycles. The Morgan fingerprint density at radius 1 is 1.22 bits per heavy atom. The molecule has 2 rings (SSSR count). The second kappa shape index (κ2) is 6.35. The van der Waals surface area contributed by atoms with Gasteiger partial charge in [0, 0.05) is 11.5 Å². The standard InChI is InChI=1S/C17H24N2O3S/c1-6-12(2)13-7-9-14(10-8-13)23(20,21)19-16-11-15(22-18-16)17(3,4)5/h7-12H,6H2,1-5H3,(H,18,19). The lowest BCUT2D eigenvalue weighted by atomic mass is 9.93. The highest BCUT2D eigenvalue weighted by atomic mass is 32.2. The van der Waals surface area contributed by atoms with Crippen LogP contribution < -0.4 is 4.72 Å². The minimum absolute atomic E-state index is 0.195. The number of benzene rings is 1. The van der Waals surface area contributed by atoms with Gasteiger partial charge in [-0.3, -0.25) is 4.72 Å². The van der Waals surface area contributed by atoms with Crippen LogP contribution in [0.15, 0.2) is 39.8 Å². The fourth-order valence-electron chi connectivity index (χ4n) is 2.08. The number of aromatic nitrogens is 1. The summed E-state index contributed by atoms with van der Waals surface area (Å²) >= 11 is 0. The number of hydrogen-bond acceptors (Lipinski definition) is 4. The first-order chi connectivity index (χ1) is 10.6. The molecule has 0 aliphatic heterocycles. The van der Waals surface area contributed by atoms with Gasteiger partial charge >= 0.3 is 0 Å². The first-order valence-electron chi connectivity index (χ1n) is 7.73. The summed E-state index contributed by atoms with van der Waals surface area (Å²) in [5.74, 6) is 1.23. The van der Waals surface area contributed by atoms with Gasteiger partial charge in [-0.1, -0.05) is 51.9 Å². The van der Waals surface area contributed by atoms with Crippen molar-refractivity contribution in [3.8, 4) is 0 Å². The summed E-state index contributed by atoms with van der Waals surface area (Å²) in [6.45, 7) is 10.1. The maximum atomic E-state index is 12.4. The van der Waals surface area contributed by atoms with E-state index < -0.39 is 10.0 Å². The molecule has 0 amide bonds. The van der Waals surface area contributed by atoms with Gasteiger partial charge in [0.15, 0.2) is 5.82 Å². The van der Waals surface area contributed by atoms with E-state index in [2.05, 4.69) is 23.7 Å². The van der Waals surface area contributed by atoms with Gasteiger partial charge in [-0.05, 0) is 30.0 Å². The lowest BCUT2D eigenvalue weighted by Gasteiger charge is -2.12. The zero-order valence-corrected chi connectivity index (χ0v) is 15.1. The zero-order valence-electron chi connectivity index (χ0n) is 14.3. The van der Waals surface area contributed by atoms with Gasteiger partial charge in [-0.2, -0.15) is 0 Å². The first kappa shape index (κ1) is 17.5. The van der Waals surface area contributed by atoms with E-state index in [0.717, 1.165) is 12.0 Å². The highest BCUT2D eigenvalue weighted by Crippen LogP contribution is 2.26. The summed E-state index contributed by atoms with van der Waals surface area (Å²) < 4.78 is 32.5. The van der Waals surface area contributed by atoms with Gasteiger partial charge in [0.1, 0.15) is 5.76 Å². The van der Waals surface area contributed by atoms with Crippen molar-refractivity contribution in [3.63, 3.8) is 0 Å². The van der Waals surface area contributed by atoms with Crippen LogP contribution in [0.4, 0.5) is 5.82 Å². The van der Waals surface area contributed by atoms with Crippen LogP contribution in [0.2, 0.25) is 0 Å². The van der Waals surface area contributed by atoms with Gasteiger partial charge < -0.3 is 4.52 Å². The molecule has 0 bridgehead atoms. The lowest BCUT2D eigenvalue weighted by molar-refractivity contribution is 0.331. The molecule has 0 aliphatic carbocycles. The van der Waals surface area contributed by atoms with Crippen LogP contribution in [0.1, 0.15) is 58.3 Å². The first-order valence-corrected chi connectivity index (χ1v) is 9.22. The van der Waals surface area contributed by atoms with E-state index >= 15 is 0 Å². The molecule has 126 valence electrons. The molecule has 0 saturated heterocycles. The van der Waals surface area contributed by atoms with Crippen molar-refractivity contribution in [1.29, 1.82) is 0 Å². The van der Waals surface area contributed by atoms with E-state index in [1.807, 2.05) is 32.9 Å². The maximum Gasteiger partial charge on any atom is 0.263 e. The molecule has 23 heavy (non-hydrogen) atoms. The van der Waals surface area contributed by atoms with E-state index in [9.17, 15) is 8.42 Å². The molecular formula is C17H24N2O3S. The molecule has 1 heterocycles. The summed E-state index contributed by atoms with van der Waals surface area (Å²) in [5.41, 5.74) is 0.900. The quantitative estimate of drug-likeness (QED) is 0.884. The lowest BCUT2D eigenvalue weighted by Crippen LogP contribution is -2.13. The molecule has 1 N–H and O–H groups in total. The van der Waals surface area contributed by atoms with Gasteiger partial charge in [0.25, 0.3) is 10.0 Å². The Balaban J connectivity index is 2.20. The second-order valence-electron chi connectivity index (χ2n) is 6.81. The molecule has 0 aliphatic rings. The molecule has 1 atom stereocenters. The number of rotatable bonds is 5. The summed E-state index contributed by atoms with van der Waals surface area (Å²) in [7, 11) is -3.67. The van der Waals surface area contributed by atoms with Crippen LogP contribution in [0.3, 0.4) is 0 Å². The average Bonchev–Trinajstić information content (AvgIpc) is 2.94. The summed E-state index contributed by atoms with van der Waals surface area (Å²) in [6, 6.07) is 8.56. The topological polar surface area (TPSA) is 72.2 Å².